The molecule has 2 rings (SSSR count). The highest BCUT2D eigenvalue weighted by molar-refractivity contribution is 5.48. The highest BCUT2D eigenvalue weighted by Gasteiger charge is 2.17. The molecule has 2 aromatic carbocycles. The van der Waals surface area contributed by atoms with Crippen LogP contribution in [0.25, 0.3) is 0 Å². The fourth-order valence-electron chi connectivity index (χ4n) is 2.01. The average molecular weight is 296 g/mol. The number of benzene rings is 2. The van der Waals surface area contributed by atoms with Gasteiger partial charge < -0.3 is 15.8 Å². The highest BCUT2D eigenvalue weighted by Crippen LogP contribution is 2.28. The van der Waals surface area contributed by atoms with E-state index in [1.807, 2.05) is 0 Å². The molecule has 0 amide bonds. The number of hydrogen-bond donors (Lipinski definition) is 2. The summed E-state index contributed by atoms with van der Waals surface area (Å²) in [6.07, 6.45) is 0. The van der Waals surface area contributed by atoms with E-state index in [1.165, 1.54) is 18.2 Å². The first kappa shape index (κ1) is 15.2. The molecule has 0 fully saturated rings. The third-order valence-corrected chi connectivity index (χ3v) is 2.91. The fraction of sp³-hybridized carbons (Fsp3) is 0.200. The summed E-state index contributed by atoms with van der Waals surface area (Å²) >= 11 is 0. The number of hydrogen-bond acceptors (Lipinski definition) is 3. The molecular formula is C15H15F3N2O. The van der Waals surface area contributed by atoms with Gasteiger partial charge in [-0.05, 0) is 24.3 Å². The fourth-order valence-corrected chi connectivity index (χ4v) is 2.01. The van der Waals surface area contributed by atoms with Crippen molar-refractivity contribution >= 4 is 5.69 Å². The summed E-state index contributed by atoms with van der Waals surface area (Å²) in [6, 6.07) is 11.7. The third kappa shape index (κ3) is 4.13. The largest absolute Gasteiger partial charge is 0.434 e. The van der Waals surface area contributed by atoms with Crippen LogP contribution in [0.1, 0.15) is 11.6 Å². The molecule has 0 aliphatic rings. The number of alkyl halides is 2. The van der Waals surface area contributed by atoms with Crippen LogP contribution in [-0.2, 0) is 0 Å². The lowest BCUT2D eigenvalue weighted by Gasteiger charge is -2.21. The number of nitrogens with two attached hydrogens (primary N) is 1. The lowest BCUT2D eigenvalue weighted by molar-refractivity contribution is -0.0505. The minimum atomic E-state index is -2.92. The number of halogens is 3. The molecule has 21 heavy (non-hydrogen) atoms. The van der Waals surface area contributed by atoms with E-state index in [4.69, 9.17) is 5.73 Å². The maximum Gasteiger partial charge on any atom is 0.387 e. The molecular weight excluding hydrogens is 281 g/mol. The van der Waals surface area contributed by atoms with Gasteiger partial charge in [-0.2, -0.15) is 8.78 Å². The molecule has 112 valence electrons. The Hall–Kier alpha value is -2.21. The summed E-state index contributed by atoms with van der Waals surface area (Å²) in [4.78, 5) is 0. The van der Waals surface area contributed by atoms with E-state index in [0.29, 0.717) is 11.3 Å². The van der Waals surface area contributed by atoms with Crippen molar-refractivity contribution in [2.75, 3.05) is 11.9 Å². The molecule has 1 atom stereocenters. The van der Waals surface area contributed by atoms with Gasteiger partial charge in [0.15, 0.2) is 0 Å². The van der Waals surface area contributed by atoms with Crippen LogP contribution in [-0.4, -0.2) is 13.2 Å². The normalized spacial score (nSPS) is 12.2. The first-order valence-electron chi connectivity index (χ1n) is 6.36. The van der Waals surface area contributed by atoms with Crippen LogP contribution >= 0.6 is 0 Å². The van der Waals surface area contributed by atoms with E-state index in [0.717, 1.165) is 0 Å². The van der Waals surface area contributed by atoms with Crippen LogP contribution in [0.4, 0.5) is 18.9 Å². The number of anilines is 1. The minimum absolute atomic E-state index is 0.0480. The molecule has 0 aliphatic carbocycles. The standard InChI is InChI=1S/C15H15F3N2O/c16-10-4-3-5-11(8-10)20-13(9-19)12-6-1-2-7-14(12)21-15(17)18/h1-8,13,15,20H,9,19H2. The van der Waals surface area contributed by atoms with Gasteiger partial charge in [0.1, 0.15) is 11.6 Å². The van der Waals surface area contributed by atoms with Gasteiger partial charge in [0.05, 0.1) is 6.04 Å². The topological polar surface area (TPSA) is 47.3 Å². The number of para-hydroxylation sites is 1. The van der Waals surface area contributed by atoms with Crippen molar-refractivity contribution in [1.29, 1.82) is 0 Å². The SMILES string of the molecule is NCC(Nc1cccc(F)c1)c1ccccc1OC(F)F. The molecule has 0 aromatic heterocycles. The summed E-state index contributed by atoms with van der Waals surface area (Å²) in [7, 11) is 0. The van der Waals surface area contributed by atoms with Crippen molar-refractivity contribution in [3.05, 3.63) is 59.9 Å². The molecule has 0 bridgehead atoms. The van der Waals surface area contributed by atoms with Crippen LogP contribution in [0.5, 0.6) is 5.75 Å². The Bertz CT molecular complexity index is 593. The Kier molecular flexibility index (Phi) is 5.05. The molecule has 0 radical (unpaired) electrons. The van der Waals surface area contributed by atoms with Gasteiger partial charge in [0, 0.05) is 17.8 Å². The zero-order chi connectivity index (χ0) is 15.2. The Morgan fingerprint density at radius 1 is 1.10 bits per heavy atom. The molecule has 0 spiro atoms. The monoisotopic (exact) mass is 296 g/mol. The number of ether oxygens (including phenoxy) is 1. The van der Waals surface area contributed by atoms with Gasteiger partial charge in [-0.1, -0.05) is 24.3 Å². The summed E-state index contributed by atoms with van der Waals surface area (Å²) < 4.78 is 42.5. The van der Waals surface area contributed by atoms with E-state index in [9.17, 15) is 13.2 Å². The van der Waals surface area contributed by atoms with Crippen LogP contribution in [0.2, 0.25) is 0 Å². The van der Waals surface area contributed by atoms with Gasteiger partial charge in [0.2, 0.25) is 0 Å². The van der Waals surface area contributed by atoms with E-state index >= 15 is 0 Å². The second-order valence-electron chi connectivity index (χ2n) is 4.36. The maximum atomic E-state index is 13.2. The van der Waals surface area contributed by atoms with E-state index in [-0.39, 0.29) is 12.3 Å². The second-order valence-corrected chi connectivity index (χ2v) is 4.36. The maximum absolute atomic E-state index is 13.2. The molecule has 0 saturated heterocycles. The van der Waals surface area contributed by atoms with Gasteiger partial charge in [-0.15, -0.1) is 0 Å². The molecule has 2 aromatic rings. The van der Waals surface area contributed by atoms with E-state index in [2.05, 4.69) is 10.1 Å². The van der Waals surface area contributed by atoms with Crippen LogP contribution in [0.15, 0.2) is 48.5 Å². The average Bonchev–Trinajstić information content (AvgIpc) is 2.45. The summed E-state index contributed by atoms with van der Waals surface area (Å²) in [5.74, 6) is -0.347. The first-order valence-corrected chi connectivity index (χ1v) is 6.36. The summed E-state index contributed by atoms with van der Waals surface area (Å²) in [5.41, 5.74) is 6.69. The molecule has 6 heteroatoms. The van der Waals surface area contributed by atoms with Gasteiger partial charge >= 0.3 is 6.61 Å². The second kappa shape index (κ2) is 6.99. The van der Waals surface area contributed by atoms with Crippen molar-refractivity contribution in [3.63, 3.8) is 0 Å². The van der Waals surface area contributed by atoms with Crippen molar-refractivity contribution in [2.24, 2.45) is 5.73 Å². The van der Waals surface area contributed by atoms with Crippen LogP contribution < -0.4 is 15.8 Å². The number of rotatable bonds is 6. The molecule has 0 aliphatic heterocycles. The van der Waals surface area contributed by atoms with Gasteiger partial charge in [0.25, 0.3) is 0 Å². The molecule has 3 N–H and O–H groups in total. The smallest absolute Gasteiger partial charge is 0.387 e. The van der Waals surface area contributed by atoms with Gasteiger partial charge in [-0.25, -0.2) is 4.39 Å². The molecule has 0 saturated carbocycles. The van der Waals surface area contributed by atoms with Crippen LogP contribution in [0.3, 0.4) is 0 Å². The predicted octanol–water partition coefficient (Wildman–Crippen LogP) is 3.54. The highest BCUT2D eigenvalue weighted by atomic mass is 19.3. The third-order valence-electron chi connectivity index (χ3n) is 2.91. The summed E-state index contributed by atoms with van der Waals surface area (Å²) in [5, 5.41) is 3.01. The molecule has 1 unspecified atom stereocenters. The zero-order valence-corrected chi connectivity index (χ0v) is 11.1. The first-order chi connectivity index (χ1) is 10.1. The van der Waals surface area contributed by atoms with E-state index in [1.54, 1.807) is 30.3 Å². The van der Waals surface area contributed by atoms with Crippen molar-refractivity contribution in [2.45, 2.75) is 12.7 Å². The van der Waals surface area contributed by atoms with Crippen molar-refractivity contribution in [3.8, 4) is 5.75 Å². The Morgan fingerprint density at radius 3 is 2.52 bits per heavy atom. The number of nitrogens with one attached hydrogen (secondary N) is 1. The Labute approximate surface area is 120 Å². The van der Waals surface area contributed by atoms with E-state index < -0.39 is 18.5 Å². The van der Waals surface area contributed by atoms with Crippen molar-refractivity contribution < 1.29 is 17.9 Å². The zero-order valence-electron chi connectivity index (χ0n) is 11.1. The Balaban J connectivity index is 2.25. The van der Waals surface area contributed by atoms with Crippen molar-refractivity contribution in [1.82, 2.24) is 0 Å². The summed E-state index contributed by atoms with van der Waals surface area (Å²) in [6.45, 7) is -2.78. The van der Waals surface area contributed by atoms with Crippen LogP contribution in [0, 0.1) is 5.82 Å². The minimum Gasteiger partial charge on any atom is -0.434 e. The molecule has 0 heterocycles. The lowest BCUT2D eigenvalue weighted by Crippen LogP contribution is -2.21. The van der Waals surface area contributed by atoms with Gasteiger partial charge in [-0.3, -0.25) is 0 Å². The Morgan fingerprint density at radius 2 is 1.86 bits per heavy atom. The lowest BCUT2D eigenvalue weighted by atomic mass is 10.1. The molecule has 3 nitrogen and oxygen atoms in total. The quantitative estimate of drug-likeness (QED) is 0.857. The predicted molar refractivity (Wildman–Crippen MR) is 74.9 cm³/mol.